The third-order valence-corrected chi connectivity index (χ3v) is 4.73. The number of halogens is 1. The molecule has 8 nitrogen and oxygen atoms in total. The average molecular weight is 321 g/mol. The lowest BCUT2D eigenvalue weighted by Crippen LogP contribution is -2.43. The van der Waals surface area contributed by atoms with Crippen LogP contribution in [0.5, 0.6) is 0 Å². The molecule has 0 aromatic carbocycles. The number of aliphatic carboxylic acids is 1. The van der Waals surface area contributed by atoms with Gasteiger partial charge < -0.3 is 5.11 Å². The monoisotopic (exact) mass is 320 g/mol. The molecule has 0 unspecified atom stereocenters. The second-order valence-corrected chi connectivity index (χ2v) is 6.40. The summed E-state index contributed by atoms with van der Waals surface area (Å²) in [5.74, 6) is -1.31. The van der Waals surface area contributed by atoms with E-state index in [0.29, 0.717) is 12.8 Å². The maximum atomic E-state index is 12.1. The van der Waals surface area contributed by atoms with Crippen LogP contribution in [0.15, 0.2) is 12.4 Å². The Morgan fingerprint density at radius 3 is 2.60 bits per heavy atom. The van der Waals surface area contributed by atoms with E-state index in [-0.39, 0.29) is 24.1 Å². The highest BCUT2D eigenvalue weighted by molar-refractivity contribution is 7.90. The highest BCUT2D eigenvalue weighted by Crippen LogP contribution is 2.21. The van der Waals surface area contributed by atoms with Crippen molar-refractivity contribution in [1.82, 2.24) is 14.3 Å². The van der Waals surface area contributed by atoms with E-state index >= 15 is 0 Å². The van der Waals surface area contributed by atoms with Crippen molar-refractivity contribution in [3.05, 3.63) is 17.5 Å². The van der Waals surface area contributed by atoms with Crippen molar-refractivity contribution in [2.75, 3.05) is 17.8 Å². The largest absolute Gasteiger partial charge is 0.481 e. The Bertz CT molecular complexity index is 601. The number of aromatic nitrogens is 2. The fourth-order valence-electron chi connectivity index (χ4n) is 1.93. The summed E-state index contributed by atoms with van der Waals surface area (Å²) in [6, 6.07) is 1.29. The first-order valence-corrected chi connectivity index (χ1v) is 7.68. The number of piperidine rings is 1. The molecule has 1 fully saturated rings. The van der Waals surface area contributed by atoms with Gasteiger partial charge in [0.15, 0.2) is 0 Å². The van der Waals surface area contributed by atoms with Crippen LogP contribution < -0.4 is 4.72 Å². The summed E-state index contributed by atoms with van der Waals surface area (Å²) >= 11 is 5.65. The van der Waals surface area contributed by atoms with Gasteiger partial charge in [0.1, 0.15) is 17.3 Å². The molecule has 1 aromatic heterocycles. The topological polar surface area (TPSA) is 112 Å². The molecule has 0 bridgehead atoms. The standard InChI is InChI=1S/C10H13ClN4O4S/c11-8-5-9(13-6-12-8)14-20(18,19)15-3-1-7(2-4-15)10(16)17/h5-7H,1-4H2,(H,16,17)(H,12,13,14). The Kier molecular flexibility index (Phi) is 4.41. The number of hydrogen-bond acceptors (Lipinski definition) is 5. The van der Waals surface area contributed by atoms with Gasteiger partial charge in [-0.15, -0.1) is 0 Å². The second kappa shape index (κ2) is 5.90. The quantitative estimate of drug-likeness (QED) is 0.785. The van der Waals surface area contributed by atoms with Gasteiger partial charge in [-0.05, 0) is 12.8 Å². The molecular formula is C10H13ClN4O4S. The van der Waals surface area contributed by atoms with E-state index in [2.05, 4.69) is 14.7 Å². The molecular weight excluding hydrogens is 308 g/mol. The van der Waals surface area contributed by atoms with Crippen LogP contribution in [0.1, 0.15) is 12.8 Å². The predicted octanol–water partition coefficient (Wildman–Crippen LogP) is 0.583. The van der Waals surface area contributed by atoms with Crippen molar-refractivity contribution in [1.29, 1.82) is 0 Å². The fraction of sp³-hybridized carbons (Fsp3) is 0.500. The van der Waals surface area contributed by atoms with Crippen LogP contribution in [-0.2, 0) is 15.0 Å². The molecule has 0 aliphatic carbocycles. The van der Waals surface area contributed by atoms with Crippen molar-refractivity contribution in [3.8, 4) is 0 Å². The lowest BCUT2D eigenvalue weighted by Gasteiger charge is -2.29. The molecule has 1 saturated heterocycles. The highest BCUT2D eigenvalue weighted by Gasteiger charge is 2.31. The zero-order chi connectivity index (χ0) is 14.8. The molecule has 10 heteroatoms. The Balaban J connectivity index is 2.03. The molecule has 1 aliphatic rings. The first-order chi connectivity index (χ1) is 9.38. The van der Waals surface area contributed by atoms with Crippen LogP contribution in [0.4, 0.5) is 5.82 Å². The Labute approximate surface area is 121 Å². The molecule has 0 saturated carbocycles. The van der Waals surface area contributed by atoms with Crippen LogP contribution in [0.3, 0.4) is 0 Å². The number of nitrogens with one attached hydrogen (secondary N) is 1. The van der Waals surface area contributed by atoms with E-state index in [0.717, 1.165) is 6.33 Å². The summed E-state index contributed by atoms with van der Waals surface area (Å²) in [6.45, 7) is 0.316. The molecule has 2 rings (SSSR count). The Morgan fingerprint density at radius 2 is 2.05 bits per heavy atom. The number of nitrogens with zero attached hydrogens (tertiary/aromatic N) is 3. The number of hydrogen-bond donors (Lipinski definition) is 2. The molecule has 20 heavy (non-hydrogen) atoms. The van der Waals surface area contributed by atoms with Gasteiger partial charge in [0.25, 0.3) is 0 Å². The summed E-state index contributed by atoms with van der Waals surface area (Å²) in [4.78, 5) is 18.2. The predicted molar refractivity (Wildman–Crippen MR) is 71.5 cm³/mol. The van der Waals surface area contributed by atoms with E-state index in [4.69, 9.17) is 16.7 Å². The van der Waals surface area contributed by atoms with Crippen LogP contribution in [0, 0.1) is 5.92 Å². The van der Waals surface area contributed by atoms with Gasteiger partial charge in [-0.25, -0.2) is 9.97 Å². The minimum Gasteiger partial charge on any atom is -0.481 e. The number of carboxylic acids is 1. The van der Waals surface area contributed by atoms with Crippen LogP contribution in [0.2, 0.25) is 5.15 Å². The van der Waals surface area contributed by atoms with Crippen LogP contribution in [0.25, 0.3) is 0 Å². The smallest absolute Gasteiger partial charge is 0.306 e. The molecule has 110 valence electrons. The third-order valence-electron chi connectivity index (χ3n) is 3.01. The van der Waals surface area contributed by atoms with E-state index in [1.54, 1.807) is 0 Å². The van der Waals surface area contributed by atoms with E-state index in [1.807, 2.05) is 0 Å². The Morgan fingerprint density at radius 1 is 1.40 bits per heavy atom. The van der Waals surface area contributed by atoms with Gasteiger partial charge in [0.2, 0.25) is 0 Å². The molecule has 1 aromatic rings. The first-order valence-electron chi connectivity index (χ1n) is 5.87. The minimum absolute atomic E-state index is 0.0744. The zero-order valence-electron chi connectivity index (χ0n) is 10.4. The molecule has 2 heterocycles. The van der Waals surface area contributed by atoms with E-state index in [1.165, 1.54) is 10.4 Å². The fourth-order valence-corrected chi connectivity index (χ4v) is 3.27. The maximum Gasteiger partial charge on any atom is 0.306 e. The summed E-state index contributed by atoms with van der Waals surface area (Å²) in [5.41, 5.74) is 0. The van der Waals surface area contributed by atoms with Gasteiger partial charge in [0, 0.05) is 19.2 Å². The molecule has 0 amide bonds. The van der Waals surface area contributed by atoms with Crippen LogP contribution in [-0.4, -0.2) is 46.9 Å². The van der Waals surface area contributed by atoms with Gasteiger partial charge >= 0.3 is 16.2 Å². The highest BCUT2D eigenvalue weighted by atomic mass is 35.5. The Hall–Kier alpha value is -1.45. The molecule has 0 atom stereocenters. The summed E-state index contributed by atoms with van der Waals surface area (Å²) in [6.07, 6.45) is 1.73. The van der Waals surface area contributed by atoms with E-state index in [9.17, 15) is 13.2 Å². The SMILES string of the molecule is O=C(O)C1CCN(S(=O)(=O)Nc2cc(Cl)ncn2)CC1. The van der Waals surface area contributed by atoms with Crippen molar-refractivity contribution in [2.45, 2.75) is 12.8 Å². The zero-order valence-corrected chi connectivity index (χ0v) is 11.9. The van der Waals surface area contributed by atoms with Gasteiger partial charge in [-0.1, -0.05) is 11.6 Å². The lowest BCUT2D eigenvalue weighted by atomic mass is 9.99. The molecule has 1 aliphatic heterocycles. The number of carbonyl (C=O) groups is 1. The first kappa shape index (κ1) is 14.9. The normalized spacial score (nSPS) is 17.9. The molecule has 2 N–H and O–H groups in total. The molecule has 0 radical (unpaired) electrons. The third kappa shape index (κ3) is 3.56. The van der Waals surface area contributed by atoms with Crippen molar-refractivity contribution >= 4 is 33.6 Å². The minimum atomic E-state index is -3.76. The summed E-state index contributed by atoms with van der Waals surface area (Å²) in [5, 5.41) is 9.00. The van der Waals surface area contributed by atoms with Crippen molar-refractivity contribution in [3.63, 3.8) is 0 Å². The lowest BCUT2D eigenvalue weighted by molar-refractivity contribution is -0.142. The van der Waals surface area contributed by atoms with Crippen LogP contribution >= 0.6 is 11.6 Å². The van der Waals surface area contributed by atoms with E-state index < -0.39 is 22.1 Å². The molecule has 0 spiro atoms. The number of rotatable bonds is 4. The summed E-state index contributed by atoms with van der Waals surface area (Å²) < 4.78 is 27.7. The average Bonchev–Trinajstić information content (AvgIpc) is 2.38. The van der Waals surface area contributed by atoms with Gasteiger partial charge in [-0.3, -0.25) is 9.52 Å². The van der Waals surface area contributed by atoms with Crippen molar-refractivity contribution in [2.24, 2.45) is 5.92 Å². The maximum absolute atomic E-state index is 12.1. The number of carboxylic acid groups (broad SMARTS) is 1. The van der Waals surface area contributed by atoms with Crippen molar-refractivity contribution < 1.29 is 18.3 Å². The van der Waals surface area contributed by atoms with Gasteiger partial charge in [0.05, 0.1) is 5.92 Å². The second-order valence-electron chi connectivity index (χ2n) is 4.34. The summed E-state index contributed by atoms with van der Waals surface area (Å²) in [7, 11) is -3.76. The number of anilines is 1. The van der Waals surface area contributed by atoms with Gasteiger partial charge in [-0.2, -0.15) is 12.7 Å².